The topological polar surface area (TPSA) is 51.2 Å². The summed E-state index contributed by atoms with van der Waals surface area (Å²) in [6.07, 6.45) is 4.84. The van der Waals surface area contributed by atoms with Crippen molar-refractivity contribution in [3.8, 4) is 0 Å². The van der Waals surface area contributed by atoms with Crippen molar-refractivity contribution in [3.05, 3.63) is 65.4 Å². The lowest BCUT2D eigenvalue weighted by molar-refractivity contribution is -0.138. The summed E-state index contributed by atoms with van der Waals surface area (Å²) in [5, 5.41) is 3.00. The summed E-state index contributed by atoms with van der Waals surface area (Å²) in [5.74, 6) is -0.871. The van der Waals surface area contributed by atoms with Crippen LogP contribution < -0.4 is 5.32 Å². The number of rotatable bonds is 5. The third-order valence-electron chi connectivity index (χ3n) is 2.96. The average Bonchev–Trinajstić information content (AvgIpc) is 2.49. The molecule has 1 heterocycles. The summed E-state index contributed by atoms with van der Waals surface area (Å²) >= 11 is 0. The molecule has 22 heavy (non-hydrogen) atoms. The molecule has 114 valence electrons. The van der Waals surface area contributed by atoms with Gasteiger partial charge in [-0.05, 0) is 49.2 Å². The monoisotopic (exact) mass is 300 g/mol. The normalized spacial score (nSPS) is 11.1. The summed E-state index contributed by atoms with van der Waals surface area (Å²) in [6.45, 7) is 3.88. The smallest absolute Gasteiger partial charge is 0.354 e. The molecule has 0 saturated carbocycles. The quantitative estimate of drug-likeness (QED) is 0.678. The molecule has 1 aromatic carbocycles. The molecule has 1 N–H and O–H groups in total. The zero-order valence-electron chi connectivity index (χ0n) is 12.5. The van der Waals surface area contributed by atoms with Crippen molar-refractivity contribution in [2.75, 3.05) is 11.9 Å². The van der Waals surface area contributed by atoms with Crippen molar-refractivity contribution < 1.29 is 13.9 Å². The number of nitrogens with zero attached hydrogens (tertiary/aromatic N) is 1. The van der Waals surface area contributed by atoms with Crippen LogP contribution in [0.25, 0.3) is 6.08 Å². The van der Waals surface area contributed by atoms with Crippen LogP contribution in [-0.4, -0.2) is 17.6 Å². The Bertz CT molecular complexity index is 699. The number of ether oxygens (including phenoxy) is 1. The molecule has 0 aliphatic carbocycles. The van der Waals surface area contributed by atoms with E-state index < -0.39 is 5.97 Å². The molecular weight excluding hydrogens is 283 g/mol. The van der Waals surface area contributed by atoms with E-state index in [2.05, 4.69) is 10.3 Å². The van der Waals surface area contributed by atoms with Crippen molar-refractivity contribution in [3.63, 3.8) is 0 Å². The highest BCUT2D eigenvalue weighted by molar-refractivity contribution is 5.97. The molecule has 0 amide bonds. The second-order valence-electron chi connectivity index (χ2n) is 4.65. The maximum atomic E-state index is 13.3. The van der Waals surface area contributed by atoms with Crippen LogP contribution in [0, 0.1) is 12.7 Å². The minimum Gasteiger partial charge on any atom is -0.461 e. The highest BCUT2D eigenvalue weighted by atomic mass is 19.1. The van der Waals surface area contributed by atoms with Crippen LogP contribution in [0.2, 0.25) is 0 Å². The number of anilines is 1. The molecule has 0 bridgehead atoms. The zero-order valence-corrected chi connectivity index (χ0v) is 12.5. The molecule has 2 aromatic rings. The fourth-order valence-corrected chi connectivity index (χ4v) is 1.86. The number of aromatic nitrogens is 1. The van der Waals surface area contributed by atoms with Gasteiger partial charge in [0.1, 0.15) is 11.5 Å². The minimum atomic E-state index is -0.505. The first-order valence-electron chi connectivity index (χ1n) is 6.92. The number of carbonyl (C=O) groups excluding carboxylic acids is 1. The number of esters is 1. The number of carbonyl (C=O) groups is 1. The summed E-state index contributed by atoms with van der Waals surface area (Å²) < 4.78 is 18.3. The Kier molecular flexibility index (Phi) is 5.25. The minimum absolute atomic E-state index is 0.226. The summed E-state index contributed by atoms with van der Waals surface area (Å²) in [7, 11) is 0. The van der Waals surface area contributed by atoms with E-state index in [0.29, 0.717) is 11.3 Å². The van der Waals surface area contributed by atoms with Gasteiger partial charge < -0.3 is 10.1 Å². The van der Waals surface area contributed by atoms with Gasteiger partial charge in [0.05, 0.1) is 18.5 Å². The van der Waals surface area contributed by atoms with Gasteiger partial charge in [0.25, 0.3) is 0 Å². The lowest BCUT2D eigenvalue weighted by Crippen LogP contribution is -2.15. The zero-order chi connectivity index (χ0) is 15.9. The van der Waals surface area contributed by atoms with Gasteiger partial charge in [0.15, 0.2) is 0 Å². The number of pyridine rings is 1. The average molecular weight is 300 g/mol. The van der Waals surface area contributed by atoms with Crippen LogP contribution in [-0.2, 0) is 9.53 Å². The van der Waals surface area contributed by atoms with Crippen LogP contribution in [0.5, 0.6) is 0 Å². The van der Waals surface area contributed by atoms with Gasteiger partial charge in [-0.1, -0.05) is 12.1 Å². The van der Waals surface area contributed by atoms with Gasteiger partial charge in [-0.25, -0.2) is 9.18 Å². The first kappa shape index (κ1) is 15.7. The highest BCUT2D eigenvalue weighted by Crippen LogP contribution is 2.17. The van der Waals surface area contributed by atoms with Crippen LogP contribution in [0.1, 0.15) is 18.1 Å². The number of halogens is 1. The first-order valence-corrected chi connectivity index (χ1v) is 6.92. The molecule has 4 nitrogen and oxygen atoms in total. The first-order chi connectivity index (χ1) is 10.6. The molecule has 2 rings (SSSR count). The largest absolute Gasteiger partial charge is 0.461 e. The Morgan fingerprint density at radius 3 is 2.91 bits per heavy atom. The number of nitrogens with one attached hydrogen (secondary N) is 1. The molecule has 0 unspecified atom stereocenters. The van der Waals surface area contributed by atoms with Gasteiger partial charge in [0.2, 0.25) is 0 Å². The van der Waals surface area contributed by atoms with Crippen molar-refractivity contribution in [2.45, 2.75) is 13.8 Å². The fourth-order valence-electron chi connectivity index (χ4n) is 1.86. The van der Waals surface area contributed by atoms with Crippen LogP contribution in [0.4, 0.5) is 10.1 Å². The molecule has 0 aliphatic rings. The summed E-state index contributed by atoms with van der Waals surface area (Å²) in [6, 6.07) is 7.81. The molecule has 0 radical (unpaired) electrons. The van der Waals surface area contributed by atoms with Gasteiger partial charge >= 0.3 is 5.97 Å². The molecule has 0 fully saturated rings. The molecule has 0 spiro atoms. The molecule has 5 heteroatoms. The SMILES string of the molecule is CCOC(=O)/C(=C\c1cccc(F)c1)Nc1cnccc1C. The van der Waals surface area contributed by atoms with Crippen molar-refractivity contribution in [1.29, 1.82) is 0 Å². The highest BCUT2D eigenvalue weighted by Gasteiger charge is 2.12. The fraction of sp³-hybridized carbons (Fsp3) is 0.176. The lowest BCUT2D eigenvalue weighted by atomic mass is 10.1. The van der Waals surface area contributed by atoms with Crippen molar-refractivity contribution in [2.24, 2.45) is 0 Å². The Morgan fingerprint density at radius 1 is 1.41 bits per heavy atom. The van der Waals surface area contributed by atoms with Crippen molar-refractivity contribution in [1.82, 2.24) is 4.98 Å². The Balaban J connectivity index is 2.34. The lowest BCUT2D eigenvalue weighted by Gasteiger charge is -2.12. The van der Waals surface area contributed by atoms with Crippen LogP contribution >= 0.6 is 0 Å². The maximum Gasteiger partial charge on any atom is 0.354 e. The maximum absolute atomic E-state index is 13.3. The predicted molar refractivity (Wildman–Crippen MR) is 83.6 cm³/mol. The third-order valence-corrected chi connectivity index (χ3v) is 2.96. The van der Waals surface area contributed by atoms with E-state index in [1.54, 1.807) is 37.5 Å². The van der Waals surface area contributed by atoms with E-state index in [0.717, 1.165) is 5.56 Å². The molecule has 0 saturated heterocycles. The van der Waals surface area contributed by atoms with Gasteiger partial charge in [0, 0.05) is 6.20 Å². The predicted octanol–water partition coefficient (Wildman–Crippen LogP) is 3.55. The third kappa shape index (κ3) is 4.15. The Labute approximate surface area is 128 Å². The Morgan fingerprint density at radius 2 is 2.23 bits per heavy atom. The summed E-state index contributed by atoms with van der Waals surface area (Å²) in [5.41, 5.74) is 2.42. The second-order valence-corrected chi connectivity index (χ2v) is 4.65. The van der Waals surface area contributed by atoms with E-state index >= 15 is 0 Å². The molecule has 0 aliphatic heterocycles. The Hall–Kier alpha value is -2.69. The number of hydrogen-bond donors (Lipinski definition) is 1. The van der Waals surface area contributed by atoms with E-state index in [1.807, 2.05) is 13.0 Å². The van der Waals surface area contributed by atoms with E-state index in [4.69, 9.17) is 4.74 Å². The summed E-state index contributed by atoms with van der Waals surface area (Å²) in [4.78, 5) is 16.1. The van der Waals surface area contributed by atoms with E-state index in [-0.39, 0.29) is 18.1 Å². The van der Waals surface area contributed by atoms with Gasteiger partial charge in [-0.15, -0.1) is 0 Å². The van der Waals surface area contributed by atoms with Crippen LogP contribution in [0.3, 0.4) is 0 Å². The molecular formula is C17H17FN2O2. The standard InChI is InChI=1S/C17H17FN2O2/c1-3-22-17(21)15(10-13-5-4-6-14(18)9-13)20-16-11-19-8-7-12(16)2/h4-11,20H,3H2,1-2H3/b15-10+. The van der Waals surface area contributed by atoms with E-state index in [1.165, 1.54) is 12.1 Å². The van der Waals surface area contributed by atoms with Gasteiger partial charge in [-0.2, -0.15) is 0 Å². The number of benzene rings is 1. The molecule has 0 atom stereocenters. The van der Waals surface area contributed by atoms with Gasteiger partial charge in [-0.3, -0.25) is 4.98 Å². The van der Waals surface area contributed by atoms with Crippen LogP contribution in [0.15, 0.2) is 48.4 Å². The second kappa shape index (κ2) is 7.36. The molecule has 1 aromatic heterocycles. The van der Waals surface area contributed by atoms with Crippen molar-refractivity contribution >= 4 is 17.7 Å². The van der Waals surface area contributed by atoms with E-state index in [9.17, 15) is 9.18 Å². The number of hydrogen-bond acceptors (Lipinski definition) is 4. The number of aryl methyl sites for hydroxylation is 1.